The van der Waals surface area contributed by atoms with E-state index in [1.54, 1.807) is 20.8 Å². The average molecular weight is 896 g/mol. The van der Waals surface area contributed by atoms with Gasteiger partial charge in [0.2, 0.25) is 5.91 Å². The van der Waals surface area contributed by atoms with Crippen LogP contribution in [0.15, 0.2) is 48.5 Å². The Bertz CT molecular complexity index is 1710. The summed E-state index contributed by atoms with van der Waals surface area (Å²) in [4.78, 5) is 40.3. The molecular formula is C51H81N3O10. The first kappa shape index (κ1) is 53.0. The number of fused-ring (bicyclic) bond motifs is 3. The second-order valence-corrected chi connectivity index (χ2v) is 19.4. The van der Waals surface area contributed by atoms with E-state index in [0.717, 1.165) is 57.8 Å². The molecule has 1 fully saturated rings. The highest BCUT2D eigenvalue weighted by Crippen LogP contribution is 2.44. The monoisotopic (exact) mass is 896 g/mol. The highest BCUT2D eigenvalue weighted by molar-refractivity contribution is 5.79. The molecule has 13 heteroatoms. The summed E-state index contributed by atoms with van der Waals surface area (Å²) in [7, 11) is 0. The lowest BCUT2D eigenvalue weighted by Gasteiger charge is -2.43. The number of amides is 2. The van der Waals surface area contributed by atoms with Crippen molar-refractivity contribution in [1.82, 2.24) is 15.5 Å². The van der Waals surface area contributed by atoms with Gasteiger partial charge in [-0.1, -0.05) is 114 Å². The smallest absolute Gasteiger partial charge is 0.407 e. The van der Waals surface area contributed by atoms with Gasteiger partial charge in [-0.15, -0.1) is 0 Å². The number of aliphatic hydroxyl groups excluding tert-OH is 3. The molecule has 0 radical (unpaired) electrons. The molecule has 0 spiro atoms. The van der Waals surface area contributed by atoms with Gasteiger partial charge >= 0.3 is 12.1 Å². The number of hydrogen-bond donors (Lipinski definition) is 7. The maximum atomic E-state index is 13.2. The van der Waals surface area contributed by atoms with Gasteiger partial charge in [0.15, 0.2) is 0 Å². The van der Waals surface area contributed by atoms with Crippen molar-refractivity contribution in [3.8, 4) is 11.1 Å². The highest BCUT2D eigenvalue weighted by atomic mass is 16.6. The normalized spacial score (nSPS) is 29.5. The molecule has 1 unspecified atom stereocenters. The topological polar surface area (TPSA) is 198 Å². The summed E-state index contributed by atoms with van der Waals surface area (Å²) in [5.74, 6) is -2.80. The van der Waals surface area contributed by atoms with Crippen LogP contribution in [-0.2, 0) is 19.1 Å². The van der Waals surface area contributed by atoms with Crippen LogP contribution in [0.4, 0.5) is 4.79 Å². The van der Waals surface area contributed by atoms with Crippen LogP contribution >= 0.6 is 0 Å². The van der Waals surface area contributed by atoms with Crippen LogP contribution in [0.3, 0.4) is 0 Å². The largest absolute Gasteiger partial charge is 0.459 e. The summed E-state index contributed by atoms with van der Waals surface area (Å²) in [5.41, 5.74) is 1.42. The van der Waals surface area contributed by atoms with E-state index in [2.05, 4.69) is 34.9 Å². The number of nitrogens with zero attached hydrogens (tertiary/aromatic N) is 1. The van der Waals surface area contributed by atoms with Crippen molar-refractivity contribution in [2.75, 3.05) is 32.8 Å². The number of rotatable bonds is 19. The van der Waals surface area contributed by atoms with Crippen LogP contribution in [0.5, 0.6) is 0 Å². The molecular weight excluding hydrogens is 815 g/mol. The molecule has 360 valence electrons. The number of esters is 1. The average Bonchev–Trinajstić information content (AvgIpc) is 3.59. The number of ether oxygens (including phenoxy) is 2. The lowest BCUT2D eigenvalue weighted by molar-refractivity contribution is -0.193. The fourth-order valence-corrected chi connectivity index (χ4v) is 9.93. The number of carbonyl (C=O) groups is 3. The number of unbranched alkanes of at least 4 members (excludes halogenated alkanes) is 8. The summed E-state index contributed by atoms with van der Waals surface area (Å²) in [6.45, 7) is 13.8. The van der Waals surface area contributed by atoms with Crippen LogP contribution in [0.2, 0.25) is 0 Å². The maximum absolute atomic E-state index is 13.2. The summed E-state index contributed by atoms with van der Waals surface area (Å²) >= 11 is 0. The lowest BCUT2D eigenvalue weighted by atomic mass is 9.78. The molecule has 0 bridgehead atoms. The van der Waals surface area contributed by atoms with Crippen molar-refractivity contribution >= 4 is 18.0 Å². The van der Waals surface area contributed by atoms with Gasteiger partial charge in [0.1, 0.15) is 24.4 Å². The van der Waals surface area contributed by atoms with Gasteiger partial charge < -0.3 is 45.6 Å². The van der Waals surface area contributed by atoms with E-state index in [-0.39, 0.29) is 36.7 Å². The molecule has 4 rings (SSSR count). The number of benzene rings is 2. The van der Waals surface area contributed by atoms with E-state index in [0.29, 0.717) is 45.6 Å². The first-order valence-corrected chi connectivity index (χ1v) is 24.2. The number of aliphatic hydroxyl groups is 5. The van der Waals surface area contributed by atoms with Crippen molar-refractivity contribution < 1.29 is 49.4 Å². The predicted octanol–water partition coefficient (Wildman–Crippen LogP) is 6.84. The van der Waals surface area contributed by atoms with Crippen LogP contribution in [-0.4, -0.2) is 123 Å². The molecule has 10 atom stereocenters. The first-order chi connectivity index (χ1) is 30.4. The molecule has 7 N–H and O–H groups in total. The zero-order valence-corrected chi connectivity index (χ0v) is 39.8. The molecule has 13 nitrogen and oxygen atoms in total. The van der Waals surface area contributed by atoms with Gasteiger partial charge in [-0.2, -0.15) is 0 Å². The minimum atomic E-state index is -1.82. The second-order valence-electron chi connectivity index (χ2n) is 19.4. The van der Waals surface area contributed by atoms with E-state index >= 15 is 0 Å². The fraction of sp³-hybridized carbons (Fsp3) is 0.706. The predicted molar refractivity (Wildman–Crippen MR) is 249 cm³/mol. The Balaban J connectivity index is 1.09. The quantitative estimate of drug-likeness (QED) is 0.0576. The number of cyclic esters (lactones) is 1. The van der Waals surface area contributed by atoms with Gasteiger partial charge in [0.05, 0.1) is 23.7 Å². The van der Waals surface area contributed by atoms with E-state index in [1.165, 1.54) is 43.0 Å². The zero-order chi connectivity index (χ0) is 47.0. The van der Waals surface area contributed by atoms with Crippen molar-refractivity contribution in [2.45, 2.75) is 180 Å². The molecule has 0 saturated carbocycles. The molecule has 0 aromatic heterocycles. The van der Waals surface area contributed by atoms with E-state index in [1.807, 2.05) is 36.1 Å². The molecule has 1 heterocycles. The van der Waals surface area contributed by atoms with Crippen molar-refractivity contribution in [3.63, 3.8) is 0 Å². The molecule has 2 aliphatic rings. The fourth-order valence-electron chi connectivity index (χ4n) is 9.93. The first-order valence-electron chi connectivity index (χ1n) is 24.2. The van der Waals surface area contributed by atoms with Crippen LogP contribution in [0.25, 0.3) is 11.1 Å². The third-order valence-electron chi connectivity index (χ3n) is 13.9. The summed E-state index contributed by atoms with van der Waals surface area (Å²) in [5, 5.41) is 62.7. The Labute approximate surface area is 382 Å². The summed E-state index contributed by atoms with van der Waals surface area (Å²) in [6, 6.07) is 16.0. The minimum absolute atomic E-state index is 0.00341. The Hall–Kier alpha value is -3.59. The van der Waals surface area contributed by atoms with E-state index in [9.17, 15) is 39.9 Å². The Kier molecular flexibility index (Phi) is 21.0. The third-order valence-corrected chi connectivity index (χ3v) is 13.9. The number of alkyl carbamates (subject to hydrolysis) is 1. The molecule has 1 aliphatic heterocycles. The Morgan fingerprint density at radius 1 is 0.781 bits per heavy atom. The van der Waals surface area contributed by atoms with Crippen molar-refractivity contribution in [3.05, 3.63) is 59.7 Å². The van der Waals surface area contributed by atoms with E-state index < -0.39 is 59.5 Å². The summed E-state index contributed by atoms with van der Waals surface area (Å²) < 4.78 is 11.3. The number of nitrogens with one attached hydrogen (secondary N) is 2. The number of carbonyl (C=O) groups excluding carboxylic acids is 3. The number of hydrogen-bond acceptors (Lipinski definition) is 11. The Morgan fingerprint density at radius 2 is 1.33 bits per heavy atom. The van der Waals surface area contributed by atoms with Gasteiger partial charge in [-0.3, -0.25) is 14.5 Å². The van der Waals surface area contributed by atoms with Gasteiger partial charge in [-0.05, 0) is 88.0 Å². The summed E-state index contributed by atoms with van der Waals surface area (Å²) in [6.07, 6.45) is 5.40. The molecule has 2 aromatic carbocycles. The van der Waals surface area contributed by atoms with Crippen LogP contribution in [0, 0.1) is 17.8 Å². The highest BCUT2D eigenvalue weighted by Gasteiger charge is 2.47. The van der Waals surface area contributed by atoms with Gasteiger partial charge in [0.25, 0.3) is 0 Å². The van der Waals surface area contributed by atoms with Crippen LogP contribution < -0.4 is 10.6 Å². The SMILES string of the molecule is CC[C@H]1OC(=O)[C@H](C)C(O)[C@H](C)[C@@H](O)[C@](C)(O)C[C@@H](C)CN(CCCNC(=O)CCCCCCCCCCCNC(=O)OCC2c3ccccc3-c3ccccc32)[C@H](C)[C@H](O)[C@]1(C)O. The molecule has 1 aliphatic carbocycles. The zero-order valence-electron chi connectivity index (χ0n) is 39.8. The molecule has 1 saturated heterocycles. The van der Waals surface area contributed by atoms with Gasteiger partial charge in [-0.25, -0.2) is 4.79 Å². The lowest BCUT2D eigenvalue weighted by Crippen LogP contribution is -2.59. The van der Waals surface area contributed by atoms with Crippen molar-refractivity contribution in [2.24, 2.45) is 17.8 Å². The van der Waals surface area contributed by atoms with Crippen LogP contribution in [0.1, 0.15) is 149 Å². The standard InChI is InChI=1S/C51H81N3O10/c1-8-43-51(7,62)47(58)37(5)54(32-34(2)31-50(6,61)46(57)35(3)45(56)36(4)48(59)64-43)30-22-29-52-44(55)27-16-14-12-10-9-11-13-15-21-28-53-49(60)63-33-42-40-25-19-17-23-38(40)39-24-18-20-26-41(39)42/h17-20,23-26,34-37,42-43,45-47,56-58,61-62H,8-16,21-22,27-33H2,1-7H3,(H,52,55)(H,53,60)/t34-,35+,36-,37-,43-,45?,46-,47+,50-,51-/m1/s1. The molecule has 2 aromatic rings. The van der Waals surface area contributed by atoms with Crippen molar-refractivity contribution in [1.29, 1.82) is 0 Å². The van der Waals surface area contributed by atoms with E-state index in [4.69, 9.17) is 9.47 Å². The molecule has 2 amide bonds. The van der Waals surface area contributed by atoms with Gasteiger partial charge in [0, 0.05) is 50.5 Å². The third kappa shape index (κ3) is 14.7. The maximum Gasteiger partial charge on any atom is 0.407 e. The minimum Gasteiger partial charge on any atom is -0.459 e. The Morgan fingerprint density at radius 3 is 1.92 bits per heavy atom. The second kappa shape index (κ2) is 25.4. The molecule has 64 heavy (non-hydrogen) atoms.